The molecule has 6 atom stereocenters. The number of carboxylic acids is 1. The van der Waals surface area contributed by atoms with Gasteiger partial charge in [-0.15, -0.1) is 0 Å². The standard InChI is InChI=1S/C29H50N8O9/c1-6-16(4)24(28(44)34-17(5)25(41)32-13-22(39)35-19(29(45)46)9-10-21(30)38)37-23(40)14-33-26(42)20(12-15(2)3)36-27(43)18-8-7-11-31-18/h15-20,24,31H,6-14H2,1-5H3,(H2,30,38)(H,32,41)(H,33,42)(H,34,44)(H,35,39)(H,36,43)(H,37,40)(H,45,46). The molecular formula is C29H50N8O9. The highest BCUT2D eigenvalue weighted by molar-refractivity contribution is 5.95. The van der Waals surface area contributed by atoms with Gasteiger partial charge in [0.15, 0.2) is 0 Å². The molecule has 260 valence electrons. The maximum Gasteiger partial charge on any atom is 0.326 e. The van der Waals surface area contributed by atoms with Crippen LogP contribution in [0.3, 0.4) is 0 Å². The molecule has 1 rings (SSSR count). The molecule has 0 aromatic carbocycles. The highest BCUT2D eigenvalue weighted by atomic mass is 16.4. The lowest BCUT2D eigenvalue weighted by Crippen LogP contribution is -2.57. The number of hydrogen-bond donors (Lipinski definition) is 9. The van der Waals surface area contributed by atoms with E-state index in [2.05, 4.69) is 37.2 Å². The summed E-state index contributed by atoms with van der Waals surface area (Å²) in [6, 6.07) is -4.79. The normalized spacial score (nSPS) is 17.4. The molecule has 0 aromatic heterocycles. The predicted octanol–water partition coefficient (Wildman–Crippen LogP) is -2.63. The Morgan fingerprint density at radius 1 is 0.826 bits per heavy atom. The molecule has 0 spiro atoms. The van der Waals surface area contributed by atoms with Gasteiger partial charge in [-0.05, 0) is 51.0 Å². The van der Waals surface area contributed by atoms with E-state index >= 15 is 0 Å². The van der Waals surface area contributed by atoms with Gasteiger partial charge >= 0.3 is 5.97 Å². The van der Waals surface area contributed by atoms with Crippen LogP contribution in [0.1, 0.15) is 73.1 Å². The Morgan fingerprint density at radius 2 is 1.43 bits per heavy atom. The molecule has 1 aliphatic heterocycles. The van der Waals surface area contributed by atoms with Crippen LogP contribution >= 0.6 is 0 Å². The van der Waals surface area contributed by atoms with Gasteiger partial charge in [-0.1, -0.05) is 34.1 Å². The Morgan fingerprint density at radius 3 is 1.96 bits per heavy atom. The molecule has 7 amide bonds. The van der Waals surface area contributed by atoms with Crippen LogP contribution in [0.2, 0.25) is 0 Å². The second-order valence-corrected chi connectivity index (χ2v) is 11.9. The van der Waals surface area contributed by atoms with Crippen LogP contribution < -0.4 is 43.0 Å². The van der Waals surface area contributed by atoms with Gasteiger partial charge < -0.3 is 48.1 Å². The van der Waals surface area contributed by atoms with Crippen molar-refractivity contribution in [1.82, 2.24) is 37.2 Å². The fraction of sp³-hybridized carbons (Fsp3) is 0.724. The molecule has 0 aliphatic carbocycles. The molecule has 0 bridgehead atoms. The molecule has 46 heavy (non-hydrogen) atoms. The molecule has 1 aliphatic rings. The van der Waals surface area contributed by atoms with Gasteiger partial charge in [-0.3, -0.25) is 33.6 Å². The summed E-state index contributed by atoms with van der Waals surface area (Å²) in [6.07, 6.45) is 1.90. The largest absolute Gasteiger partial charge is 0.480 e. The minimum absolute atomic E-state index is 0.0865. The van der Waals surface area contributed by atoms with Crippen LogP contribution in [-0.2, 0) is 38.4 Å². The van der Waals surface area contributed by atoms with Crippen molar-refractivity contribution in [1.29, 1.82) is 0 Å². The van der Waals surface area contributed by atoms with E-state index in [9.17, 15) is 43.5 Å². The lowest BCUT2D eigenvalue weighted by molar-refractivity contribution is -0.142. The Kier molecular flexibility index (Phi) is 17.3. The van der Waals surface area contributed by atoms with Gasteiger partial charge in [-0.2, -0.15) is 0 Å². The zero-order valence-corrected chi connectivity index (χ0v) is 27.2. The number of primary amides is 1. The highest BCUT2D eigenvalue weighted by Gasteiger charge is 2.31. The lowest BCUT2D eigenvalue weighted by Gasteiger charge is -2.26. The van der Waals surface area contributed by atoms with Crippen molar-refractivity contribution in [2.45, 2.75) is 103 Å². The Bertz CT molecular complexity index is 1110. The van der Waals surface area contributed by atoms with Crippen LogP contribution in [0.25, 0.3) is 0 Å². The topological polar surface area (TPSA) is 267 Å². The van der Waals surface area contributed by atoms with Crippen molar-refractivity contribution < 1.29 is 43.5 Å². The number of carbonyl (C=O) groups is 8. The van der Waals surface area contributed by atoms with Crippen LogP contribution in [0.15, 0.2) is 0 Å². The molecule has 1 fully saturated rings. The summed E-state index contributed by atoms with van der Waals surface area (Å²) in [5.41, 5.74) is 5.01. The first-order valence-corrected chi connectivity index (χ1v) is 15.5. The monoisotopic (exact) mass is 654 g/mol. The first kappa shape index (κ1) is 39.7. The summed E-state index contributed by atoms with van der Waals surface area (Å²) in [5, 5.41) is 27.1. The number of hydrogen-bond acceptors (Lipinski definition) is 9. The zero-order valence-electron chi connectivity index (χ0n) is 27.2. The molecule has 6 unspecified atom stereocenters. The van der Waals surface area contributed by atoms with Gasteiger partial charge in [-0.25, -0.2) is 4.79 Å². The second kappa shape index (κ2) is 20.0. The summed E-state index contributed by atoms with van der Waals surface area (Å²) in [6.45, 7) is 8.37. The molecule has 10 N–H and O–H groups in total. The van der Waals surface area contributed by atoms with Crippen molar-refractivity contribution in [3.8, 4) is 0 Å². The van der Waals surface area contributed by atoms with Crippen molar-refractivity contribution >= 4 is 47.3 Å². The number of nitrogens with two attached hydrogens (primary N) is 1. The molecule has 17 heteroatoms. The van der Waals surface area contributed by atoms with Gasteiger partial charge in [0.1, 0.15) is 24.2 Å². The average molecular weight is 655 g/mol. The highest BCUT2D eigenvalue weighted by Crippen LogP contribution is 2.10. The third-order valence-electron chi connectivity index (χ3n) is 7.44. The smallest absolute Gasteiger partial charge is 0.326 e. The van der Waals surface area contributed by atoms with E-state index in [1.807, 2.05) is 13.8 Å². The van der Waals surface area contributed by atoms with E-state index in [4.69, 9.17) is 5.73 Å². The quantitative estimate of drug-likeness (QED) is 0.0659. The number of aliphatic carboxylic acids is 1. The number of amides is 7. The Balaban J connectivity index is 2.69. The van der Waals surface area contributed by atoms with E-state index in [0.29, 0.717) is 19.3 Å². The summed E-state index contributed by atoms with van der Waals surface area (Å²) in [5.74, 6) is -6.10. The zero-order chi connectivity index (χ0) is 35.0. The maximum absolute atomic E-state index is 13.1. The van der Waals surface area contributed by atoms with Crippen LogP contribution in [0, 0.1) is 11.8 Å². The van der Waals surface area contributed by atoms with Crippen LogP contribution in [0.4, 0.5) is 0 Å². The third kappa shape index (κ3) is 14.7. The van der Waals surface area contributed by atoms with E-state index in [1.54, 1.807) is 13.8 Å². The second-order valence-electron chi connectivity index (χ2n) is 11.9. The van der Waals surface area contributed by atoms with Gasteiger partial charge in [0.25, 0.3) is 0 Å². The van der Waals surface area contributed by atoms with Crippen molar-refractivity contribution in [2.75, 3.05) is 19.6 Å². The molecule has 1 heterocycles. The first-order chi connectivity index (χ1) is 21.5. The fourth-order valence-electron chi connectivity index (χ4n) is 4.58. The maximum atomic E-state index is 13.1. The Labute approximate surface area is 268 Å². The van der Waals surface area contributed by atoms with E-state index < -0.39 is 78.7 Å². The molecule has 17 nitrogen and oxygen atoms in total. The molecule has 0 aromatic rings. The van der Waals surface area contributed by atoms with Crippen molar-refractivity contribution in [3.05, 3.63) is 0 Å². The predicted molar refractivity (Wildman–Crippen MR) is 165 cm³/mol. The average Bonchev–Trinajstić information content (AvgIpc) is 3.53. The van der Waals surface area contributed by atoms with Gasteiger partial charge in [0.2, 0.25) is 41.4 Å². The third-order valence-corrected chi connectivity index (χ3v) is 7.44. The SMILES string of the molecule is CCC(C)C(NC(=O)CNC(=O)C(CC(C)C)NC(=O)C1CCCN1)C(=O)NC(C)C(=O)NCC(=O)NC(CCC(N)=O)C(=O)O. The number of nitrogens with one attached hydrogen (secondary N) is 7. The summed E-state index contributed by atoms with van der Waals surface area (Å²) in [4.78, 5) is 98.2. The minimum Gasteiger partial charge on any atom is -0.480 e. The fourth-order valence-corrected chi connectivity index (χ4v) is 4.58. The number of rotatable bonds is 20. The van der Waals surface area contributed by atoms with Crippen molar-refractivity contribution in [2.24, 2.45) is 17.6 Å². The Hall–Kier alpha value is -4.28. The van der Waals surface area contributed by atoms with E-state index in [0.717, 1.165) is 13.0 Å². The lowest BCUT2D eigenvalue weighted by atomic mass is 9.98. The molecule has 1 saturated heterocycles. The van der Waals surface area contributed by atoms with Crippen LogP contribution in [-0.4, -0.2) is 102 Å². The summed E-state index contributed by atoms with van der Waals surface area (Å²) >= 11 is 0. The molecule has 0 saturated carbocycles. The molecular weight excluding hydrogens is 604 g/mol. The summed E-state index contributed by atoms with van der Waals surface area (Å²) in [7, 11) is 0. The van der Waals surface area contributed by atoms with Gasteiger partial charge in [0, 0.05) is 6.42 Å². The number of carbonyl (C=O) groups excluding carboxylic acids is 7. The van der Waals surface area contributed by atoms with Crippen molar-refractivity contribution in [3.63, 3.8) is 0 Å². The van der Waals surface area contributed by atoms with E-state index in [-0.39, 0.29) is 36.6 Å². The first-order valence-electron chi connectivity index (χ1n) is 15.5. The number of carboxylic acid groups (broad SMARTS) is 1. The summed E-state index contributed by atoms with van der Waals surface area (Å²) < 4.78 is 0. The van der Waals surface area contributed by atoms with Gasteiger partial charge in [0.05, 0.1) is 19.1 Å². The van der Waals surface area contributed by atoms with E-state index in [1.165, 1.54) is 6.92 Å². The molecule has 0 radical (unpaired) electrons. The van der Waals surface area contributed by atoms with Crippen LogP contribution in [0.5, 0.6) is 0 Å². The minimum atomic E-state index is -1.38.